The molecule has 7 heteroatoms. The van der Waals surface area contributed by atoms with Crippen molar-refractivity contribution in [2.75, 3.05) is 13.1 Å². The number of likely N-dealkylation sites (tertiary alicyclic amines) is 1. The number of alkyl halides is 3. The van der Waals surface area contributed by atoms with Crippen molar-refractivity contribution in [3.8, 4) is 0 Å². The predicted octanol–water partition coefficient (Wildman–Crippen LogP) is 2.03. The van der Waals surface area contributed by atoms with Crippen LogP contribution in [0.1, 0.15) is 26.7 Å². The maximum Gasteiger partial charge on any atom is 0.400 e. The lowest BCUT2D eigenvalue weighted by molar-refractivity contribution is -0.162. The zero-order valence-corrected chi connectivity index (χ0v) is 10.6. The number of nitrogens with two attached hydrogens (primary N) is 1. The van der Waals surface area contributed by atoms with Crippen molar-refractivity contribution >= 4 is 5.84 Å². The van der Waals surface area contributed by atoms with Crippen molar-refractivity contribution in [3.63, 3.8) is 0 Å². The highest BCUT2D eigenvalue weighted by Gasteiger charge is 2.44. The van der Waals surface area contributed by atoms with Gasteiger partial charge in [-0.3, -0.25) is 4.90 Å². The summed E-state index contributed by atoms with van der Waals surface area (Å²) >= 11 is 0. The number of piperidine rings is 1. The minimum atomic E-state index is -4.49. The number of halogens is 3. The molecule has 0 spiro atoms. The predicted molar refractivity (Wildman–Crippen MR) is 62.4 cm³/mol. The normalized spacial score (nSPS) is 29.3. The van der Waals surface area contributed by atoms with Crippen molar-refractivity contribution in [1.82, 2.24) is 4.90 Å². The summed E-state index contributed by atoms with van der Waals surface area (Å²) in [7, 11) is 0. The van der Waals surface area contributed by atoms with Gasteiger partial charge >= 0.3 is 6.18 Å². The van der Waals surface area contributed by atoms with Gasteiger partial charge in [-0.05, 0) is 32.2 Å². The van der Waals surface area contributed by atoms with E-state index in [1.165, 1.54) is 0 Å². The third kappa shape index (κ3) is 3.76. The van der Waals surface area contributed by atoms with Gasteiger partial charge in [0.25, 0.3) is 0 Å². The highest BCUT2D eigenvalue weighted by Crippen LogP contribution is 2.30. The molecule has 0 amide bonds. The third-order valence-corrected chi connectivity index (χ3v) is 3.56. The molecule has 0 bridgehead atoms. The Labute approximate surface area is 105 Å². The van der Waals surface area contributed by atoms with Crippen molar-refractivity contribution in [1.29, 1.82) is 0 Å². The van der Waals surface area contributed by atoms with Crippen LogP contribution in [-0.4, -0.2) is 41.3 Å². The molecule has 18 heavy (non-hydrogen) atoms. The number of amidine groups is 1. The first-order valence-corrected chi connectivity index (χ1v) is 6.03. The first kappa shape index (κ1) is 15.1. The molecular weight excluding hydrogens is 247 g/mol. The van der Waals surface area contributed by atoms with E-state index in [-0.39, 0.29) is 12.6 Å². The summed E-state index contributed by atoms with van der Waals surface area (Å²) in [5, 5.41) is 11.0. The number of hydrogen-bond acceptors (Lipinski definition) is 3. The van der Waals surface area contributed by atoms with Gasteiger partial charge in [0.05, 0.1) is 0 Å². The Kier molecular flexibility index (Phi) is 4.84. The van der Waals surface area contributed by atoms with Gasteiger partial charge in [0, 0.05) is 12.6 Å². The van der Waals surface area contributed by atoms with Gasteiger partial charge in [-0.25, -0.2) is 0 Å². The van der Waals surface area contributed by atoms with E-state index < -0.39 is 17.9 Å². The van der Waals surface area contributed by atoms with Crippen molar-refractivity contribution < 1.29 is 18.4 Å². The van der Waals surface area contributed by atoms with Gasteiger partial charge in [-0.15, -0.1) is 0 Å². The topological polar surface area (TPSA) is 61.8 Å². The van der Waals surface area contributed by atoms with Crippen LogP contribution in [0.25, 0.3) is 0 Å². The molecule has 0 aromatic rings. The molecule has 1 rings (SSSR count). The molecule has 3 atom stereocenters. The second-order valence-electron chi connectivity index (χ2n) is 5.09. The third-order valence-electron chi connectivity index (χ3n) is 3.56. The summed E-state index contributed by atoms with van der Waals surface area (Å²) in [6, 6.07) is 0.0880. The summed E-state index contributed by atoms with van der Waals surface area (Å²) in [6.07, 6.45) is -2.73. The summed E-state index contributed by atoms with van der Waals surface area (Å²) in [4.78, 5) is 1.76. The fourth-order valence-corrected chi connectivity index (χ4v) is 2.40. The van der Waals surface area contributed by atoms with Gasteiger partial charge in [0.1, 0.15) is 5.92 Å². The average Bonchev–Trinajstić information content (AvgIpc) is 2.25. The standard InChI is InChI=1S/C11H20F3N3O/c1-7-3-4-17(8(2)5-7)6-9(10(15)16-18)11(12,13)14/h7-9,18H,3-6H2,1-2H3,(H2,15,16). The number of hydrogen-bond donors (Lipinski definition) is 2. The number of nitrogens with zero attached hydrogens (tertiary/aromatic N) is 2. The summed E-state index contributed by atoms with van der Waals surface area (Å²) in [6.45, 7) is 4.38. The van der Waals surface area contributed by atoms with E-state index in [2.05, 4.69) is 12.1 Å². The minimum Gasteiger partial charge on any atom is -0.409 e. The van der Waals surface area contributed by atoms with Gasteiger partial charge in [-0.1, -0.05) is 12.1 Å². The molecule has 1 aliphatic rings. The molecule has 4 nitrogen and oxygen atoms in total. The first-order chi connectivity index (χ1) is 8.25. The molecule has 0 aromatic heterocycles. The Balaban J connectivity index is 2.73. The van der Waals surface area contributed by atoms with E-state index in [1.54, 1.807) is 4.90 Å². The molecule has 1 aliphatic heterocycles. The monoisotopic (exact) mass is 267 g/mol. The second kappa shape index (κ2) is 5.77. The molecule has 1 heterocycles. The van der Waals surface area contributed by atoms with Gasteiger partial charge in [0.15, 0.2) is 5.84 Å². The molecule has 1 saturated heterocycles. The molecule has 0 aliphatic carbocycles. The summed E-state index contributed by atoms with van der Waals surface area (Å²) in [5.74, 6) is -2.14. The van der Waals surface area contributed by atoms with Crippen LogP contribution in [0.15, 0.2) is 5.16 Å². The zero-order chi connectivity index (χ0) is 13.9. The smallest absolute Gasteiger partial charge is 0.400 e. The maximum absolute atomic E-state index is 12.8. The Morgan fingerprint density at radius 3 is 2.56 bits per heavy atom. The fourth-order valence-electron chi connectivity index (χ4n) is 2.40. The van der Waals surface area contributed by atoms with Crippen molar-refractivity contribution in [2.45, 2.75) is 38.9 Å². The van der Waals surface area contributed by atoms with Gasteiger partial charge in [0.2, 0.25) is 0 Å². The Hall–Kier alpha value is -0.980. The lowest BCUT2D eigenvalue weighted by atomic mass is 9.92. The largest absolute Gasteiger partial charge is 0.409 e. The molecule has 1 fully saturated rings. The van der Waals surface area contributed by atoms with Crippen LogP contribution in [0.2, 0.25) is 0 Å². The molecule has 3 unspecified atom stereocenters. The molecule has 0 saturated carbocycles. The zero-order valence-electron chi connectivity index (χ0n) is 10.6. The Morgan fingerprint density at radius 2 is 2.11 bits per heavy atom. The summed E-state index contributed by atoms with van der Waals surface area (Å²) < 4.78 is 38.5. The number of rotatable bonds is 3. The van der Waals surface area contributed by atoms with E-state index in [4.69, 9.17) is 10.9 Å². The van der Waals surface area contributed by atoms with Crippen LogP contribution in [0.5, 0.6) is 0 Å². The van der Waals surface area contributed by atoms with E-state index in [0.717, 1.165) is 12.8 Å². The molecule has 0 radical (unpaired) electrons. The fraction of sp³-hybridized carbons (Fsp3) is 0.909. The highest BCUT2D eigenvalue weighted by atomic mass is 19.4. The molecule has 106 valence electrons. The molecular formula is C11H20F3N3O. The van der Waals surface area contributed by atoms with Crippen molar-refractivity contribution in [2.24, 2.45) is 22.7 Å². The van der Waals surface area contributed by atoms with E-state index in [9.17, 15) is 13.2 Å². The number of oxime groups is 1. The SMILES string of the molecule is CC1CCN(CC(C(N)=NO)C(F)(F)F)C(C)C1. The summed E-state index contributed by atoms with van der Waals surface area (Å²) in [5.41, 5.74) is 5.15. The van der Waals surface area contributed by atoms with E-state index in [0.29, 0.717) is 12.5 Å². The minimum absolute atomic E-state index is 0.0880. The quantitative estimate of drug-likeness (QED) is 0.356. The Bertz CT molecular complexity index is 306. The highest BCUT2D eigenvalue weighted by molar-refractivity contribution is 5.83. The lowest BCUT2D eigenvalue weighted by Gasteiger charge is -2.38. The maximum atomic E-state index is 12.8. The van der Waals surface area contributed by atoms with Gasteiger partial charge < -0.3 is 10.9 Å². The van der Waals surface area contributed by atoms with Gasteiger partial charge in [-0.2, -0.15) is 13.2 Å². The first-order valence-electron chi connectivity index (χ1n) is 6.03. The van der Waals surface area contributed by atoms with Crippen LogP contribution in [0.4, 0.5) is 13.2 Å². The van der Waals surface area contributed by atoms with Crippen LogP contribution in [0.3, 0.4) is 0 Å². The van der Waals surface area contributed by atoms with Crippen LogP contribution in [0, 0.1) is 11.8 Å². The average molecular weight is 267 g/mol. The van der Waals surface area contributed by atoms with Crippen molar-refractivity contribution in [3.05, 3.63) is 0 Å². The molecule has 3 N–H and O–H groups in total. The van der Waals surface area contributed by atoms with Crippen LogP contribution >= 0.6 is 0 Å². The second-order valence-corrected chi connectivity index (χ2v) is 5.09. The van der Waals surface area contributed by atoms with E-state index in [1.807, 2.05) is 6.92 Å². The van der Waals surface area contributed by atoms with E-state index >= 15 is 0 Å². The Morgan fingerprint density at radius 1 is 1.50 bits per heavy atom. The molecule has 0 aromatic carbocycles. The van der Waals surface area contributed by atoms with Crippen LogP contribution in [-0.2, 0) is 0 Å². The van der Waals surface area contributed by atoms with Crippen LogP contribution < -0.4 is 5.73 Å². The lowest BCUT2D eigenvalue weighted by Crippen LogP contribution is -2.49.